The zero-order valence-electron chi connectivity index (χ0n) is 15.4. The van der Waals surface area contributed by atoms with Gasteiger partial charge in [0.15, 0.2) is 11.0 Å². The lowest BCUT2D eigenvalue weighted by Gasteiger charge is -2.13. The molecule has 0 saturated carbocycles. The fourth-order valence-corrected chi connectivity index (χ4v) is 3.65. The summed E-state index contributed by atoms with van der Waals surface area (Å²) in [4.78, 5) is 12.6. The van der Waals surface area contributed by atoms with Crippen molar-refractivity contribution in [3.8, 4) is 17.5 Å². The Labute approximate surface area is 172 Å². The van der Waals surface area contributed by atoms with Gasteiger partial charge in [0.2, 0.25) is 5.91 Å². The molecule has 8 heteroatoms. The average Bonchev–Trinajstić information content (AvgIpc) is 3.11. The fraction of sp³-hybridized carbons (Fsp3) is 0.200. The van der Waals surface area contributed by atoms with Crippen molar-refractivity contribution in [3.05, 3.63) is 59.1 Å². The molecule has 0 spiro atoms. The van der Waals surface area contributed by atoms with Crippen molar-refractivity contribution in [2.45, 2.75) is 30.8 Å². The van der Waals surface area contributed by atoms with Crippen LogP contribution in [0, 0.1) is 11.3 Å². The molecule has 1 aromatic heterocycles. The minimum Gasteiger partial charge on any atom is -0.324 e. The van der Waals surface area contributed by atoms with Crippen LogP contribution in [0.25, 0.3) is 11.4 Å². The van der Waals surface area contributed by atoms with Crippen molar-refractivity contribution in [2.24, 2.45) is 0 Å². The first-order valence-electron chi connectivity index (χ1n) is 8.69. The van der Waals surface area contributed by atoms with Gasteiger partial charge in [0.25, 0.3) is 0 Å². The Kier molecular flexibility index (Phi) is 6.34. The largest absolute Gasteiger partial charge is 0.324 e. The Hall–Kier alpha value is -2.82. The van der Waals surface area contributed by atoms with E-state index in [9.17, 15) is 4.79 Å². The summed E-state index contributed by atoms with van der Waals surface area (Å²) in [5.41, 5.74) is 1.83. The van der Waals surface area contributed by atoms with Gasteiger partial charge in [-0.1, -0.05) is 35.5 Å². The zero-order chi connectivity index (χ0) is 20.1. The van der Waals surface area contributed by atoms with Crippen LogP contribution in [0.15, 0.2) is 53.7 Å². The number of benzene rings is 2. The third-order valence-electron chi connectivity index (χ3n) is 4.09. The number of hydrogen-bond donors (Lipinski definition) is 1. The normalized spacial score (nSPS) is 11.6. The zero-order valence-corrected chi connectivity index (χ0v) is 17.0. The van der Waals surface area contributed by atoms with E-state index in [2.05, 4.69) is 21.6 Å². The number of amides is 1. The van der Waals surface area contributed by atoms with Crippen LogP contribution in [-0.4, -0.2) is 25.9 Å². The van der Waals surface area contributed by atoms with E-state index in [0.717, 1.165) is 11.4 Å². The first kappa shape index (κ1) is 19.9. The third kappa shape index (κ3) is 4.35. The maximum Gasteiger partial charge on any atom is 0.237 e. The highest BCUT2D eigenvalue weighted by Gasteiger charge is 2.21. The minimum atomic E-state index is -0.417. The number of thioether (sulfide) groups is 1. The first-order valence-corrected chi connectivity index (χ1v) is 9.95. The van der Waals surface area contributed by atoms with Crippen LogP contribution in [0.2, 0.25) is 5.02 Å². The second-order valence-corrected chi connectivity index (χ2v) is 7.71. The number of nitrogens with one attached hydrogen (secondary N) is 1. The van der Waals surface area contributed by atoms with Crippen LogP contribution in [0.3, 0.4) is 0 Å². The molecule has 0 aliphatic rings. The molecule has 0 saturated heterocycles. The van der Waals surface area contributed by atoms with Gasteiger partial charge in [-0.25, -0.2) is 0 Å². The van der Waals surface area contributed by atoms with Gasteiger partial charge in [-0.15, -0.1) is 10.2 Å². The van der Waals surface area contributed by atoms with Crippen molar-refractivity contribution in [1.82, 2.24) is 14.8 Å². The Morgan fingerprint density at radius 3 is 2.64 bits per heavy atom. The molecule has 3 rings (SSSR count). The lowest BCUT2D eigenvalue weighted by atomic mass is 10.2. The molecule has 28 heavy (non-hydrogen) atoms. The average molecular weight is 412 g/mol. The molecule has 142 valence electrons. The molecular weight excluding hydrogens is 394 g/mol. The molecule has 3 aromatic rings. The van der Waals surface area contributed by atoms with Gasteiger partial charge in [0, 0.05) is 17.1 Å². The molecule has 0 radical (unpaired) electrons. The van der Waals surface area contributed by atoms with Crippen molar-refractivity contribution in [3.63, 3.8) is 0 Å². The van der Waals surface area contributed by atoms with E-state index >= 15 is 0 Å². The Morgan fingerprint density at radius 1 is 1.25 bits per heavy atom. The maximum absolute atomic E-state index is 12.6. The number of nitrogens with zero attached hydrogens (tertiary/aromatic N) is 4. The lowest BCUT2D eigenvalue weighted by Crippen LogP contribution is -2.23. The standard InChI is InChI=1S/C20H18ClN5OS/c1-3-26-18(14-8-10-16(21)11-9-14)24-25-20(26)28-13(2)19(27)23-17-7-5-4-6-15(17)12-22/h4-11,13H,3H2,1-2H3,(H,23,27)/t13-/m1/s1. The number of rotatable bonds is 6. The van der Waals surface area contributed by atoms with Crippen molar-refractivity contribution in [2.75, 3.05) is 5.32 Å². The molecule has 0 aliphatic carbocycles. The first-order chi connectivity index (χ1) is 13.5. The summed E-state index contributed by atoms with van der Waals surface area (Å²) in [5, 5.41) is 21.4. The van der Waals surface area contributed by atoms with Gasteiger partial charge in [0.1, 0.15) is 6.07 Å². The van der Waals surface area contributed by atoms with Gasteiger partial charge in [-0.3, -0.25) is 4.79 Å². The van der Waals surface area contributed by atoms with Crippen LogP contribution in [0.1, 0.15) is 19.4 Å². The number of para-hydroxylation sites is 1. The van der Waals surface area contributed by atoms with Gasteiger partial charge >= 0.3 is 0 Å². The highest BCUT2D eigenvalue weighted by atomic mass is 35.5. The predicted molar refractivity (Wildman–Crippen MR) is 111 cm³/mol. The molecule has 0 fully saturated rings. The van der Waals surface area contributed by atoms with E-state index in [0.29, 0.717) is 28.0 Å². The van der Waals surface area contributed by atoms with Crippen LogP contribution in [0.5, 0.6) is 0 Å². The Morgan fingerprint density at radius 2 is 1.96 bits per heavy atom. The number of halogens is 1. The monoisotopic (exact) mass is 411 g/mol. The molecule has 0 unspecified atom stereocenters. The Balaban J connectivity index is 1.77. The molecule has 1 atom stereocenters. The predicted octanol–water partition coefficient (Wildman–Crippen LogP) is 4.61. The molecular formula is C20H18ClN5OS. The molecule has 2 aromatic carbocycles. The highest BCUT2D eigenvalue weighted by Crippen LogP contribution is 2.28. The topological polar surface area (TPSA) is 83.6 Å². The van der Waals surface area contributed by atoms with Crippen molar-refractivity contribution < 1.29 is 4.79 Å². The minimum absolute atomic E-state index is 0.202. The van der Waals surface area contributed by atoms with E-state index in [1.165, 1.54) is 11.8 Å². The molecule has 1 heterocycles. The molecule has 0 bridgehead atoms. The van der Waals surface area contributed by atoms with Gasteiger partial charge < -0.3 is 9.88 Å². The number of anilines is 1. The Bertz CT molecular complexity index is 1030. The summed E-state index contributed by atoms with van der Waals surface area (Å²) in [6, 6.07) is 16.4. The van der Waals surface area contributed by atoms with Crippen LogP contribution in [0.4, 0.5) is 5.69 Å². The summed E-state index contributed by atoms with van der Waals surface area (Å²) < 4.78 is 1.96. The fourth-order valence-electron chi connectivity index (χ4n) is 2.61. The molecule has 1 N–H and O–H groups in total. The van der Waals surface area contributed by atoms with Crippen molar-refractivity contribution in [1.29, 1.82) is 5.26 Å². The third-order valence-corrected chi connectivity index (χ3v) is 5.42. The number of carbonyl (C=O) groups is 1. The second-order valence-electron chi connectivity index (χ2n) is 5.96. The number of nitriles is 1. The summed E-state index contributed by atoms with van der Waals surface area (Å²) in [6.07, 6.45) is 0. The van der Waals surface area contributed by atoms with Gasteiger partial charge in [-0.05, 0) is 50.2 Å². The van der Waals surface area contributed by atoms with E-state index in [4.69, 9.17) is 16.9 Å². The summed E-state index contributed by atoms with van der Waals surface area (Å²) in [5.74, 6) is 0.524. The highest BCUT2D eigenvalue weighted by molar-refractivity contribution is 8.00. The number of hydrogen-bond acceptors (Lipinski definition) is 5. The SMILES string of the molecule is CCn1c(S[C@H](C)C(=O)Nc2ccccc2C#N)nnc1-c1ccc(Cl)cc1. The van der Waals surface area contributed by atoms with E-state index < -0.39 is 5.25 Å². The van der Waals surface area contributed by atoms with E-state index in [1.807, 2.05) is 23.6 Å². The lowest BCUT2D eigenvalue weighted by molar-refractivity contribution is -0.115. The number of aromatic nitrogens is 3. The van der Waals surface area contributed by atoms with Crippen molar-refractivity contribution >= 4 is 35.0 Å². The van der Waals surface area contributed by atoms with Crippen LogP contribution < -0.4 is 5.32 Å². The smallest absolute Gasteiger partial charge is 0.237 e. The second kappa shape index (κ2) is 8.91. The van der Waals surface area contributed by atoms with E-state index in [1.54, 1.807) is 43.3 Å². The summed E-state index contributed by atoms with van der Waals surface area (Å²) in [6.45, 7) is 4.46. The summed E-state index contributed by atoms with van der Waals surface area (Å²) in [7, 11) is 0. The number of carbonyl (C=O) groups excluding carboxylic acids is 1. The molecule has 0 aliphatic heterocycles. The van der Waals surface area contributed by atoms with Gasteiger partial charge in [0.05, 0.1) is 16.5 Å². The van der Waals surface area contributed by atoms with Crippen LogP contribution >= 0.6 is 23.4 Å². The van der Waals surface area contributed by atoms with E-state index in [-0.39, 0.29) is 5.91 Å². The maximum atomic E-state index is 12.6. The van der Waals surface area contributed by atoms with Crippen LogP contribution in [-0.2, 0) is 11.3 Å². The molecule has 6 nitrogen and oxygen atoms in total. The summed E-state index contributed by atoms with van der Waals surface area (Å²) >= 11 is 7.28. The quantitative estimate of drug-likeness (QED) is 0.599. The molecule has 1 amide bonds. The van der Waals surface area contributed by atoms with Gasteiger partial charge in [-0.2, -0.15) is 5.26 Å².